The van der Waals surface area contributed by atoms with Crippen molar-refractivity contribution in [2.45, 2.75) is 37.1 Å². The van der Waals surface area contributed by atoms with Crippen molar-refractivity contribution in [2.75, 3.05) is 12.4 Å². The number of nitro groups is 1. The number of benzene rings is 3. The van der Waals surface area contributed by atoms with Crippen LogP contribution in [0.25, 0.3) is 0 Å². The van der Waals surface area contributed by atoms with Crippen LogP contribution in [0.4, 0.5) is 5.69 Å². The number of rotatable bonds is 6. The molecule has 2 N–H and O–H groups in total. The zero-order valence-corrected chi connectivity index (χ0v) is 21.0. The van der Waals surface area contributed by atoms with E-state index in [4.69, 9.17) is 32.7 Å². The van der Waals surface area contributed by atoms with E-state index in [0.29, 0.717) is 38.4 Å². The van der Waals surface area contributed by atoms with E-state index in [9.17, 15) is 14.9 Å². The Morgan fingerprint density at radius 3 is 2.58 bits per heavy atom. The van der Waals surface area contributed by atoms with Gasteiger partial charge in [0.25, 0.3) is 11.9 Å². The lowest BCUT2D eigenvalue weighted by molar-refractivity contribution is -0.532. The topological polar surface area (TPSA) is 103 Å². The molecule has 4 atom stereocenters. The molecule has 0 unspecified atom stereocenters. The standard InChI is InChI=1S/C26H23Cl2N3O5/c1-14-23(24(31(33)34)26(30-14)18-5-3-4-6-20(18)29-25(26)32)15-8-10-21(22(11-15)35-2)36-13-16-7-9-17(27)12-19(16)28/h3-12,14,23-24,30H,13H2,1-2H3,(H,29,32)/t14-,23-,24-,26-/m0/s1. The molecular weight excluding hydrogens is 505 g/mol. The van der Waals surface area contributed by atoms with Crippen LogP contribution in [0.1, 0.15) is 29.5 Å². The second-order valence-electron chi connectivity index (χ2n) is 8.93. The first-order valence-corrected chi connectivity index (χ1v) is 12.1. The van der Waals surface area contributed by atoms with Crippen LogP contribution in [0.2, 0.25) is 10.0 Å². The van der Waals surface area contributed by atoms with Crippen molar-refractivity contribution in [3.05, 3.63) is 97.5 Å². The van der Waals surface area contributed by atoms with E-state index in [1.807, 2.05) is 6.92 Å². The van der Waals surface area contributed by atoms with Gasteiger partial charge in [-0.05, 0) is 42.8 Å². The van der Waals surface area contributed by atoms with E-state index < -0.39 is 23.4 Å². The van der Waals surface area contributed by atoms with Crippen molar-refractivity contribution < 1.29 is 19.2 Å². The van der Waals surface area contributed by atoms with Crippen LogP contribution in [0.15, 0.2) is 60.7 Å². The monoisotopic (exact) mass is 527 g/mol. The van der Waals surface area contributed by atoms with Gasteiger partial charge in [0.05, 0.1) is 13.0 Å². The number of ether oxygens (including phenoxy) is 2. The number of carbonyl (C=O) groups excluding carboxylic acids is 1. The molecule has 10 heteroatoms. The summed E-state index contributed by atoms with van der Waals surface area (Å²) in [5.41, 5.74) is 1.11. The molecule has 2 aliphatic rings. The van der Waals surface area contributed by atoms with Crippen molar-refractivity contribution in [1.29, 1.82) is 0 Å². The number of amides is 1. The molecule has 1 amide bonds. The number of carbonyl (C=O) groups is 1. The molecule has 3 aromatic rings. The Morgan fingerprint density at radius 2 is 1.86 bits per heavy atom. The number of nitrogens with zero attached hydrogens (tertiary/aromatic N) is 1. The van der Waals surface area contributed by atoms with Crippen molar-refractivity contribution >= 4 is 34.8 Å². The predicted octanol–water partition coefficient (Wildman–Crippen LogP) is 5.15. The molecule has 36 heavy (non-hydrogen) atoms. The van der Waals surface area contributed by atoms with Crippen LogP contribution in [-0.4, -0.2) is 30.0 Å². The molecule has 186 valence electrons. The van der Waals surface area contributed by atoms with Gasteiger partial charge < -0.3 is 14.8 Å². The summed E-state index contributed by atoms with van der Waals surface area (Å²) < 4.78 is 11.5. The summed E-state index contributed by atoms with van der Waals surface area (Å²) in [4.78, 5) is 25.3. The first-order valence-electron chi connectivity index (χ1n) is 11.3. The number of fused-ring (bicyclic) bond motifs is 2. The summed E-state index contributed by atoms with van der Waals surface area (Å²) in [6.45, 7) is 2.04. The van der Waals surface area contributed by atoms with E-state index in [1.165, 1.54) is 7.11 Å². The fourth-order valence-corrected chi connectivity index (χ4v) is 5.82. The van der Waals surface area contributed by atoms with Gasteiger partial charge in [-0.3, -0.25) is 20.2 Å². The largest absolute Gasteiger partial charge is 0.493 e. The van der Waals surface area contributed by atoms with Gasteiger partial charge in [0.1, 0.15) is 6.61 Å². The van der Waals surface area contributed by atoms with Gasteiger partial charge in [-0.25, -0.2) is 0 Å². The molecule has 8 nitrogen and oxygen atoms in total. The van der Waals surface area contributed by atoms with Gasteiger partial charge in [-0.15, -0.1) is 0 Å². The Balaban J connectivity index is 1.48. The van der Waals surface area contributed by atoms with Crippen LogP contribution >= 0.6 is 23.2 Å². The maximum atomic E-state index is 13.2. The van der Waals surface area contributed by atoms with Crippen molar-refractivity contribution in [2.24, 2.45) is 0 Å². The molecule has 0 bridgehead atoms. The third kappa shape index (κ3) is 3.86. The van der Waals surface area contributed by atoms with E-state index in [1.54, 1.807) is 60.7 Å². The van der Waals surface area contributed by atoms with Gasteiger partial charge >= 0.3 is 0 Å². The second kappa shape index (κ2) is 9.28. The maximum Gasteiger partial charge on any atom is 0.256 e. The Kier molecular flexibility index (Phi) is 6.28. The van der Waals surface area contributed by atoms with Crippen LogP contribution in [0.3, 0.4) is 0 Å². The molecule has 0 aliphatic carbocycles. The Labute approximate surface area is 217 Å². The van der Waals surface area contributed by atoms with E-state index in [0.717, 1.165) is 5.56 Å². The van der Waals surface area contributed by atoms with E-state index >= 15 is 0 Å². The molecule has 0 saturated carbocycles. The highest BCUT2D eigenvalue weighted by molar-refractivity contribution is 6.35. The molecule has 0 radical (unpaired) electrons. The number of para-hydroxylation sites is 1. The molecule has 5 rings (SSSR count). The zero-order chi connectivity index (χ0) is 25.6. The predicted molar refractivity (Wildman–Crippen MR) is 137 cm³/mol. The quantitative estimate of drug-likeness (QED) is 0.339. The lowest BCUT2D eigenvalue weighted by Gasteiger charge is -2.25. The number of methoxy groups -OCH3 is 1. The SMILES string of the molecule is COc1cc([C@@H]2[C@H](C)N[C@]3(C(=O)Nc4ccccc43)[C@H]2[N+](=O)[O-])ccc1OCc1ccc(Cl)cc1Cl. The van der Waals surface area contributed by atoms with E-state index in [2.05, 4.69) is 10.6 Å². The Morgan fingerprint density at radius 1 is 1.08 bits per heavy atom. The van der Waals surface area contributed by atoms with Crippen LogP contribution in [0, 0.1) is 10.1 Å². The summed E-state index contributed by atoms with van der Waals surface area (Å²) in [6, 6.07) is 15.8. The Hall–Kier alpha value is -3.33. The second-order valence-corrected chi connectivity index (χ2v) is 9.78. The molecule has 3 aromatic carbocycles. The highest BCUT2D eigenvalue weighted by Gasteiger charge is 2.67. The molecular formula is C26H23Cl2N3O5. The first kappa shape index (κ1) is 24.4. The average molecular weight is 528 g/mol. The van der Waals surface area contributed by atoms with Crippen molar-refractivity contribution in [3.8, 4) is 11.5 Å². The highest BCUT2D eigenvalue weighted by Crippen LogP contribution is 2.50. The summed E-state index contributed by atoms with van der Waals surface area (Å²) in [5.74, 6) is -0.150. The summed E-state index contributed by atoms with van der Waals surface area (Å²) >= 11 is 12.2. The highest BCUT2D eigenvalue weighted by atomic mass is 35.5. The maximum absolute atomic E-state index is 13.2. The summed E-state index contributed by atoms with van der Waals surface area (Å²) in [5, 5.41) is 19.6. The zero-order valence-electron chi connectivity index (χ0n) is 19.5. The molecule has 2 aliphatic heterocycles. The van der Waals surface area contributed by atoms with Crippen LogP contribution in [-0.2, 0) is 16.9 Å². The number of anilines is 1. The summed E-state index contributed by atoms with van der Waals surface area (Å²) in [6.07, 6.45) is 0. The van der Waals surface area contributed by atoms with Gasteiger partial charge in [0.2, 0.25) is 0 Å². The lowest BCUT2D eigenvalue weighted by atomic mass is 9.78. The summed E-state index contributed by atoms with van der Waals surface area (Å²) in [7, 11) is 1.50. The molecule has 0 aromatic heterocycles. The van der Waals surface area contributed by atoms with Crippen molar-refractivity contribution in [1.82, 2.24) is 5.32 Å². The Bertz CT molecular complexity index is 1370. The van der Waals surface area contributed by atoms with Crippen molar-refractivity contribution in [3.63, 3.8) is 0 Å². The molecule has 1 spiro atoms. The fourth-order valence-electron chi connectivity index (χ4n) is 5.36. The molecule has 1 fully saturated rings. The third-order valence-electron chi connectivity index (χ3n) is 6.93. The minimum Gasteiger partial charge on any atom is -0.493 e. The third-order valence-corrected chi connectivity index (χ3v) is 7.52. The van der Waals surface area contributed by atoms with Crippen LogP contribution < -0.4 is 20.1 Å². The smallest absolute Gasteiger partial charge is 0.256 e. The molecule has 1 saturated heterocycles. The number of nitrogens with one attached hydrogen (secondary N) is 2. The average Bonchev–Trinajstić information content (AvgIpc) is 3.32. The fraction of sp³-hybridized carbons (Fsp3) is 0.269. The lowest BCUT2D eigenvalue weighted by Crippen LogP contribution is -2.54. The normalized spacial score (nSPS) is 24.4. The number of hydrogen-bond acceptors (Lipinski definition) is 6. The number of halogens is 2. The van der Waals surface area contributed by atoms with Crippen LogP contribution in [0.5, 0.6) is 11.5 Å². The van der Waals surface area contributed by atoms with Gasteiger partial charge in [0.15, 0.2) is 17.0 Å². The van der Waals surface area contributed by atoms with Gasteiger partial charge in [0, 0.05) is 37.8 Å². The minimum absolute atomic E-state index is 0.185. The first-order chi connectivity index (χ1) is 17.3. The number of hydrogen-bond donors (Lipinski definition) is 2. The van der Waals surface area contributed by atoms with Gasteiger partial charge in [-0.2, -0.15) is 0 Å². The molecule has 2 heterocycles. The van der Waals surface area contributed by atoms with E-state index in [-0.39, 0.29) is 17.6 Å². The minimum atomic E-state index is -1.47. The van der Waals surface area contributed by atoms with Gasteiger partial charge in [-0.1, -0.05) is 53.5 Å².